The van der Waals surface area contributed by atoms with Gasteiger partial charge in [0.2, 0.25) is 11.7 Å². The summed E-state index contributed by atoms with van der Waals surface area (Å²) in [4.78, 5) is 30.9. The second kappa shape index (κ2) is 7.45. The molecule has 2 amide bonds. The van der Waals surface area contributed by atoms with Gasteiger partial charge in [0.05, 0.1) is 22.4 Å². The molecule has 30 heavy (non-hydrogen) atoms. The first kappa shape index (κ1) is 19.9. The number of aromatic nitrogens is 2. The van der Waals surface area contributed by atoms with Crippen molar-refractivity contribution >= 4 is 21.7 Å². The molecule has 1 aromatic heterocycles. The first-order chi connectivity index (χ1) is 14.3. The number of hydrogen-bond donors (Lipinski definition) is 0. The molecule has 154 valence electrons. The molecule has 1 aliphatic heterocycles. The highest BCUT2D eigenvalue weighted by atomic mass is 32.2. The van der Waals surface area contributed by atoms with Crippen molar-refractivity contribution in [1.82, 2.24) is 15.0 Å². The summed E-state index contributed by atoms with van der Waals surface area (Å²) in [5.41, 5.74) is 0.498. The maximum Gasteiger partial charge on any atom is 0.262 e. The van der Waals surface area contributed by atoms with Crippen LogP contribution in [-0.4, -0.2) is 47.3 Å². The smallest absolute Gasteiger partial charge is 0.262 e. The largest absolute Gasteiger partial charge is 0.337 e. The van der Waals surface area contributed by atoms with Gasteiger partial charge in [-0.2, -0.15) is 4.98 Å². The van der Waals surface area contributed by atoms with Crippen molar-refractivity contribution in [1.29, 1.82) is 0 Å². The molecule has 0 saturated carbocycles. The van der Waals surface area contributed by atoms with E-state index in [1.807, 2.05) is 0 Å². The van der Waals surface area contributed by atoms with E-state index in [4.69, 9.17) is 4.52 Å². The van der Waals surface area contributed by atoms with Crippen LogP contribution in [0, 0.1) is 5.82 Å². The minimum atomic E-state index is -3.41. The summed E-state index contributed by atoms with van der Waals surface area (Å²) in [6.07, 6.45) is 0.911. The van der Waals surface area contributed by atoms with Gasteiger partial charge in [0.25, 0.3) is 11.8 Å². The number of amides is 2. The first-order valence-electron chi connectivity index (χ1n) is 8.99. The number of carbonyl (C=O) groups is 2. The molecule has 4 rings (SSSR count). The summed E-state index contributed by atoms with van der Waals surface area (Å²) in [6, 6.07) is 11.0. The summed E-state index contributed by atoms with van der Waals surface area (Å²) in [5, 5.41) is 3.76. The van der Waals surface area contributed by atoms with Gasteiger partial charge in [0.15, 0.2) is 0 Å². The Kier molecular flexibility index (Phi) is 4.94. The molecular weight excluding hydrogens is 413 g/mol. The summed E-state index contributed by atoms with van der Waals surface area (Å²) in [7, 11) is -3.41. The minimum absolute atomic E-state index is 0.0657. The molecule has 0 unspecified atom stereocenters. The maximum absolute atomic E-state index is 14.1. The van der Waals surface area contributed by atoms with Crippen LogP contribution in [0.3, 0.4) is 0 Å². The first-order valence-corrected chi connectivity index (χ1v) is 11.1. The number of sulfone groups is 1. The number of rotatable bonds is 6. The molecule has 0 aliphatic carbocycles. The lowest BCUT2D eigenvalue weighted by atomic mass is 10.1. The predicted molar refractivity (Wildman–Crippen MR) is 104 cm³/mol. The molecule has 2 heterocycles. The van der Waals surface area contributed by atoms with E-state index >= 15 is 0 Å². The van der Waals surface area contributed by atoms with Crippen LogP contribution in [0.15, 0.2) is 53.1 Å². The summed E-state index contributed by atoms with van der Waals surface area (Å²) in [5.74, 6) is -2.27. The fourth-order valence-corrected chi connectivity index (χ4v) is 3.95. The SMILES string of the molecule is CS(=O)(=O)CC[C@H](c1nc(-c2ccccc2F)no1)N1C(=O)c2ccccc2C1=O. The quantitative estimate of drug-likeness (QED) is 0.554. The van der Waals surface area contributed by atoms with Crippen molar-refractivity contribution in [2.75, 3.05) is 12.0 Å². The zero-order valence-electron chi connectivity index (χ0n) is 15.8. The number of fused-ring (bicyclic) bond motifs is 1. The maximum atomic E-state index is 14.1. The van der Waals surface area contributed by atoms with Gasteiger partial charge < -0.3 is 4.52 Å². The average molecular weight is 429 g/mol. The number of benzene rings is 2. The highest BCUT2D eigenvalue weighted by Crippen LogP contribution is 2.34. The monoisotopic (exact) mass is 429 g/mol. The molecule has 10 heteroatoms. The van der Waals surface area contributed by atoms with Crippen LogP contribution in [0.1, 0.15) is 39.1 Å². The van der Waals surface area contributed by atoms with Gasteiger partial charge in [0, 0.05) is 6.26 Å². The van der Waals surface area contributed by atoms with E-state index < -0.39 is 33.5 Å². The Morgan fingerprint density at radius 3 is 2.13 bits per heavy atom. The molecule has 8 nitrogen and oxygen atoms in total. The number of nitrogens with zero attached hydrogens (tertiary/aromatic N) is 3. The van der Waals surface area contributed by atoms with Crippen LogP contribution in [0.5, 0.6) is 0 Å². The van der Waals surface area contributed by atoms with E-state index in [0.717, 1.165) is 11.2 Å². The van der Waals surface area contributed by atoms with Crippen molar-refractivity contribution < 1.29 is 26.9 Å². The van der Waals surface area contributed by atoms with Gasteiger partial charge in [-0.25, -0.2) is 12.8 Å². The zero-order chi connectivity index (χ0) is 21.5. The van der Waals surface area contributed by atoms with E-state index in [2.05, 4.69) is 10.1 Å². The molecule has 0 spiro atoms. The Balaban J connectivity index is 1.74. The third-order valence-corrected chi connectivity index (χ3v) is 5.72. The van der Waals surface area contributed by atoms with E-state index in [9.17, 15) is 22.4 Å². The van der Waals surface area contributed by atoms with Crippen LogP contribution >= 0.6 is 0 Å². The zero-order valence-corrected chi connectivity index (χ0v) is 16.6. The van der Waals surface area contributed by atoms with E-state index in [-0.39, 0.29) is 40.6 Å². The Labute approximate surface area is 171 Å². The number of hydrogen-bond acceptors (Lipinski definition) is 7. The van der Waals surface area contributed by atoms with Crippen molar-refractivity contribution in [3.63, 3.8) is 0 Å². The van der Waals surface area contributed by atoms with Gasteiger partial charge in [0.1, 0.15) is 21.7 Å². The molecule has 0 bridgehead atoms. The number of imide groups is 1. The second-order valence-corrected chi connectivity index (χ2v) is 9.16. The fourth-order valence-electron chi connectivity index (χ4n) is 3.30. The van der Waals surface area contributed by atoms with E-state index in [0.29, 0.717) is 0 Å². The van der Waals surface area contributed by atoms with E-state index in [1.54, 1.807) is 18.2 Å². The van der Waals surface area contributed by atoms with Crippen LogP contribution in [0.2, 0.25) is 0 Å². The normalized spacial score (nSPS) is 14.8. The third kappa shape index (κ3) is 3.61. The standard InChI is InChI=1S/C20H16FN3O5S/c1-30(27,28)11-10-16(24-19(25)12-6-2-3-7-13(12)20(24)26)18-22-17(23-29-18)14-8-4-5-9-15(14)21/h2-9,16H,10-11H2,1H3/t16-/m1/s1. The summed E-state index contributed by atoms with van der Waals surface area (Å²) in [6.45, 7) is 0. The molecular formula is C20H16FN3O5S. The Bertz CT molecular complexity index is 1220. The number of halogens is 1. The summed E-state index contributed by atoms with van der Waals surface area (Å²) < 4.78 is 42.8. The molecule has 3 aromatic rings. The number of carbonyl (C=O) groups excluding carboxylic acids is 2. The Hall–Kier alpha value is -3.40. The molecule has 1 aliphatic rings. The highest BCUT2D eigenvalue weighted by Gasteiger charge is 2.42. The van der Waals surface area contributed by atoms with Crippen molar-refractivity contribution in [3.8, 4) is 11.4 Å². The third-order valence-electron chi connectivity index (χ3n) is 4.74. The molecule has 0 radical (unpaired) electrons. The lowest BCUT2D eigenvalue weighted by Crippen LogP contribution is -2.35. The molecule has 0 N–H and O–H groups in total. The van der Waals surface area contributed by atoms with Crippen LogP contribution in [0.4, 0.5) is 4.39 Å². The molecule has 1 atom stereocenters. The van der Waals surface area contributed by atoms with Gasteiger partial charge >= 0.3 is 0 Å². The minimum Gasteiger partial charge on any atom is -0.337 e. The lowest BCUT2D eigenvalue weighted by Gasteiger charge is -2.22. The summed E-state index contributed by atoms with van der Waals surface area (Å²) >= 11 is 0. The topological polar surface area (TPSA) is 110 Å². The molecule has 0 fully saturated rings. The van der Waals surface area contributed by atoms with Crippen molar-refractivity contribution in [2.24, 2.45) is 0 Å². The lowest BCUT2D eigenvalue weighted by molar-refractivity contribution is 0.0547. The Morgan fingerprint density at radius 1 is 1.00 bits per heavy atom. The van der Waals surface area contributed by atoms with Crippen molar-refractivity contribution in [3.05, 3.63) is 71.4 Å². The van der Waals surface area contributed by atoms with Gasteiger partial charge in [-0.3, -0.25) is 14.5 Å². The highest BCUT2D eigenvalue weighted by molar-refractivity contribution is 7.90. The predicted octanol–water partition coefficient (Wildman–Crippen LogP) is 2.65. The Morgan fingerprint density at radius 2 is 1.57 bits per heavy atom. The van der Waals surface area contributed by atoms with Crippen molar-refractivity contribution in [2.45, 2.75) is 12.5 Å². The average Bonchev–Trinajstić information content (AvgIpc) is 3.28. The van der Waals surface area contributed by atoms with Crippen LogP contribution in [-0.2, 0) is 9.84 Å². The second-order valence-electron chi connectivity index (χ2n) is 6.90. The van der Waals surface area contributed by atoms with Gasteiger partial charge in [-0.05, 0) is 30.7 Å². The van der Waals surface area contributed by atoms with Crippen LogP contribution < -0.4 is 0 Å². The molecule has 0 saturated heterocycles. The van der Waals surface area contributed by atoms with Gasteiger partial charge in [-0.15, -0.1) is 0 Å². The van der Waals surface area contributed by atoms with Crippen LogP contribution in [0.25, 0.3) is 11.4 Å². The van der Waals surface area contributed by atoms with Gasteiger partial charge in [-0.1, -0.05) is 29.4 Å². The molecule has 2 aromatic carbocycles. The fraction of sp³-hybridized carbons (Fsp3) is 0.200. The van der Waals surface area contributed by atoms with E-state index in [1.165, 1.54) is 30.3 Å².